The summed E-state index contributed by atoms with van der Waals surface area (Å²) in [5, 5.41) is 2.92. The maximum absolute atomic E-state index is 12.3. The second-order valence-corrected chi connectivity index (χ2v) is 6.01. The van der Waals surface area contributed by atoms with Crippen molar-refractivity contribution in [2.75, 3.05) is 14.2 Å². The van der Waals surface area contributed by atoms with Crippen LogP contribution in [0.1, 0.15) is 21.5 Å². The molecule has 0 bridgehead atoms. The van der Waals surface area contributed by atoms with E-state index in [1.807, 2.05) is 37.3 Å². The van der Waals surface area contributed by atoms with Crippen molar-refractivity contribution in [3.63, 3.8) is 0 Å². The molecule has 1 amide bonds. The Bertz CT molecular complexity index is 686. The van der Waals surface area contributed by atoms with Gasteiger partial charge in [0.25, 0.3) is 5.91 Å². The average molecular weight is 411 g/mol. The summed E-state index contributed by atoms with van der Waals surface area (Å²) in [5.41, 5.74) is 2.72. The van der Waals surface area contributed by atoms with Gasteiger partial charge in [0.2, 0.25) is 0 Å². The Hall–Kier alpha value is -1.76. The van der Waals surface area contributed by atoms with Crippen LogP contribution < -0.4 is 14.8 Å². The highest BCUT2D eigenvalue weighted by Gasteiger charge is 2.11. The molecule has 0 aliphatic carbocycles. The Balaban J connectivity index is 2.11. The molecular weight excluding hydrogens is 393 g/mol. The normalized spacial score (nSPS) is 10.2. The molecule has 22 heavy (non-hydrogen) atoms. The van der Waals surface area contributed by atoms with Crippen molar-refractivity contribution < 1.29 is 14.3 Å². The monoisotopic (exact) mass is 411 g/mol. The molecule has 4 nitrogen and oxygen atoms in total. The summed E-state index contributed by atoms with van der Waals surface area (Å²) in [6, 6.07) is 11.3. The van der Waals surface area contributed by atoms with Crippen molar-refractivity contribution >= 4 is 28.5 Å². The van der Waals surface area contributed by atoms with E-state index in [0.717, 1.165) is 20.4 Å². The summed E-state index contributed by atoms with van der Waals surface area (Å²) in [7, 11) is 3.21. The van der Waals surface area contributed by atoms with Crippen LogP contribution >= 0.6 is 22.6 Å². The van der Waals surface area contributed by atoms with Crippen molar-refractivity contribution in [2.24, 2.45) is 0 Å². The zero-order valence-electron chi connectivity index (χ0n) is 12.8. The predicted octanol–water partition coefficient (Wildman–Crippen LogP) is 3.55. The van der Waals surface area contributed by atoms with Crippen LogP contribution in [0.15, 0.2) is 36.4 Å². The second kappa shape index (κ2) is 7.49. The van der Waals surface area contributed by atoms with Crippen LogP contribution in [0.5, 0.6) is 11.5 Å². The molecule has 0 heterocycles. The first-order chi connectivity index (χ1) is 10.5. The summed E-state index contributed by atoms with van der Waals surface area (Å²) in [6.45, 7) is 2.40. The van der Waals surface area contributed by atoms with Gasteiger partial charge in [0.15, 0.2) is 0 Å². The molecule has 2 rings (SSSR count). The lowest BCUT2D eigenvalue weighted by atomic mass is 10.1. The first-order valence-corrected chi connectivity index (χ1v) is 7.88. The first kappa shape index (κ1) is 16.6. The van der Waals surface area contributed by atoms with Crippen LogP contribution in [-0.4, -0.2) is 20.1 Å². The topological polar surface area (TPSA) is 47.6 Å². The van der Waals surface area contributed by atoms with Crippen LogP contribution in [0.25, 0.3) is 0 Å². The van der Waals surface area contributed by atoms with Crippen molar-refractivity contribution in [3.05, 3.63) is 56.7 Å². The summed E-state index contributed by atoms with van der Waals surface area (Å²) in [4.78, 5) is 12.3. The van der Waals surface area contributed by atoms with E-state index in [4.69, 9.17) is 9.47 Å². The van der Waals surface area contributed by atoms with Crippen LogP contribution in [-0.2, 0) is 6.54 Å². The van der Waals surface area contributed by atoms with E-state index in [1.54, 1.807) is 20.3 Å². The van der Waals surface area contributed by atoms with Gasteiger partial charge in [-0.15, -0.1) is 0 Å². The second-order valence-electron chi connectivity index (χ2n) is 4.84. The number of amides is 1. The van der Waals surface area contributed by atoms with Gasteiger partial charge in [-0.2, -0.15) is 0 Å². The highest BCUT2D eigenvalue weighted by atomic mass is 127. The number of carbonyl (C=O) groups excluding carboxylic acids is 1. The van der Waals surface area contributed by atoms with Gasteiger partial charge in [0, 0.05) is 21.7 Å². The maximum Gasteiger partial charge on any atom is 0.252 e. The van der Waals surface area contributed by atoms with Gasteiger partial charge in [-0.25, -0.2) is 0 Å². The lowest BCUT2D eigenvalue weighted by molar-refractivity contribution is 0.0950. The number of ether oxygens (including phenoxy) is 2. The van der Waals surface area contributed by atoms with E-state index in [2.05, 4.69) is 27.9 Å². The van der Waals surface area contributed by atoms with E-state index in [1.165, 1.54) is 0 Å². The molecule has 0 aliphatic heterocycles. The fourth-order valence-electron chi connectivity index (χ4n) is 2.07. The van der Waals surface area contributed by atoms with Crippen molar-refractivity contribution in [2.45, 2.75) is 13.5 Å². The molecule has 5 heteroatoms. The number of aryl methyl sites for hydroxylation is 1. The Morgan fingerprint density at radius 2 is 1.91 bits per heavy atom. The Kier molecular flexibility index (Phi) is 5.65. The number of rotatable bonds is 5. The quantitative estimate of drug-likeness (QED) is 0.766. The number of nitrogens with one attached hydrogen (secondary N) is 1. The van der Waals surface area contributed by atoms with Crippen LogP contribution in [0.2, 0.25) is 0 Å². The van der Waals surface area contributed by atoms with E-state index < -0.39 is 0 Å². The zero-order valence-corrected chi connectivity index (χ0v) is 14.9. The molecule has 0 atom stereocenters. The highest BCUT2D eigenvalue weighted by molar-refractivity contribution is 14.1. The molecule has 0 radical (unpaired) electrons. The van der Waals surface area contributed by atoms with E-state index in [9.17, 15) is 4.79 Å². The van der Waals surface area contributed by atoms with Crippen LogP contribution in [0.4, 0.5) is 0 Å². The van der Waals surface area contributed by atoms with E-state index in [0.29, 0.717) is 17.9 Å². The highest BCUT2D eigenvalue weighted by Crippen LogP contribution is 2.24. The number of hydrogen-bond donors (Lipinski definition) is 1. The van der Waals surface area contributed by atoms with E-state index >= 15 is 0 Å². The summed E-state index contributed by atoms with van der Waals surface area (Å²) in [6.07, 6.45) is 0. The molecule has 0 saturated heterocycles. The molecule has 0 aromatic heterocycles. The number of benzene rings is 2. The smallest absolute Gasteiger partial charge is 0.252 e. The minimum absolute atomic E-state index is 0.0951. The van der Waals surface area contributed by atoms with Gasteiger partial charge >= 0.3 is 0 Å². The summed E-state index contributed by atoms with van der Waals surface area (Å²) >= 11 is 2.18. The summed E-state index contributed by atoms with van der Waals surface area (Å²) < 4.78 is 11.4. The molecular formula is C17H18INO3. The van der Waals surface area contributed by atoms with Crippen molar-refractivity contribution in [1.29, 1.82) is 0 Å². The predicted molar refractivity (Wildman–Crippen MR) is 94.6 cm³/mol. The van der Waals surface area contributed by atoms with Crippen LogP contribution in [0, 0.1) is 10.5 Å². The average Bonchev–Trinajstić information content (AvgIpc) is 2.52. The molecule has 0 saturated carbocycles. The molecule has 116 valence electrons. The Morgan fingerprint density at radius 1 is 1.14 bits per heavy atom. The zero-order chi connectivity index (χ0) is 16.1. The first-order valence-electron chi connectivity index (χ1n) is 6.80. The third kappa shape index (κ3) is 3.91. The molecule has 1 N–H and O–H groups in total. The van der Waals surface area contributed by atoms with Crippen molar-refractivity contribution in [3.8, 4) is 11.5 Å². The van der Waals surface area contributed by atoms with Crippen molar-refractivity contribution in [1.82, 2.24) is 5.32 Å². The standard InChI is InChI=1S/C17H18INO3/c1-11-4-7-14(15(18)8-11)17(20)19-10-12-5-6-13(21-2)9-16(12)22-3/h4-9H,10H2,1-3H3,(H,19,20). The SMILES string of the molecule is COc1ccc(CNC(=O)c2ccc(C)cc2I)c(OC)c1. The fourth-order valence-corrected chi connectivity index (χ4v) is 2.99. The van der Waals surface area contributed by atoms with E-state index in [-0.39, 0.29) is 5.91 Å². The summed E-state index contributed by atoms with van der Waals surface area (Å²) in [5.74, 6) is 1.32. The Labute approximate surface area is 144 Å². The van der Waals surface area contributed by atoms with Crippen LogP contribution in [0.3, 0.4) is 0 Å². The van der Waals surface area contributed by atoms with Gasteiger partial charge in [0.1, 0.15) is 11.5 Å². The van der Waals surface area contributed by atoms with Gasteiger partial charge in [0.05, 0.1) is 19.8 Å². The third-order valence-corrected chi connectivity index (χ3v) is 4.20. The number of hydrogen-bond acceptors (Lipinski definition) is 3. The third-order valence-electron chi connectivity index (χ3n) is 3.30. The number of methoxy groups -OCH3 is 2. The molecule has 0 unspecified atom stereocenters. The maximum atomic E-state index is 12.3. The minimum Gasteiger partial charge on any atom is -0.497 e. The molecule has 0 aliphatic rings. The molecule has 2 aromatic rings. The molecule has 0 fully saturated rings. The lowest BCUT2D eigenvalue weighted by Gasteiger charge is -2.12. The van der Waals surface area contributed by atoms with Gasteiger partial charge in [-0.05, 0) is 53.8 Å². The fraction of sp³-hybridized carbons (Fsp3) is 0.235. The van der Waals surface area contributed by atoms with Gasteiger partial charge < -0.3 is 14.8 Å². The molecule has 0 spiro atoms. The van der Waals surface area contributed by atoms with Gasteiger partial charge in [-0.1, -0.05) is 11.6 Å². The lowest BCUT2D eigenvalue weighted by Crippen LogP contribution is -2.24. The molecule has 2 aromatic carbocycles. The Morgan fingerprint density at radius 3 is 2.55 bits per heavy atom. The minimum atomic E-state index is -0.0951. The largest absolute Gasteiger partial charge is 0.497 e. The van der Waals surface area contributed by atoms with Gasteiger partial charge in [-0.3, -0.25) is 4.79 Å². The number of carbonyl (C=O) groups is 1. The number of halogens is 1.